The first kappa shape index (κ1) is 14.6. The molecule has 0 radical (unpaired) electrons. The van der Waals surface area contributed by atoms with Crippen molar-refractivity contribution in [3.8, 4) is 0 Å². The number of aliphatic hydroxyl groups excluding tert-OH is 1. The van der Waals surface area contributed by atoms with Crippen LogP contribution in [-0.2, 0) is 4.79 Å². The Morgan fingerprint density at radius 3 is 2.50 bits per heavy atom. The number of carboxylic acids is 1. The van der Waals surface area contributed by atoms with E-state index in [1.165, 1.54) is 19.1 Å². The predicted molar refractivity (Wildman–Crippen MR) is 65.8 cm³/mol. The van der Waals surface area contributed by atoms with Gasteiger partial charge in [-0.05, 0) is 38.0 Å². The molecule has 0 aliphatic rings. The molecule has 100 valence electrons. The predicted octanol–water partition coefficient (Wildman–Crippen LogP) is 1.62. The Hall–Kier alpha value is -1.46. The maximum absolute atomic E-state index is 13.1. The smallest absolute Gasteiger partial charge is 0.320 e. The fourth-order valence-corrected chi connectivity index (χ4v) is 1.70. The molecule has 0 aliphatic carbocycles. The minimum atomic E-state index is -0.982. The van der Waals surface area contributed by atoms with Crippen LogP contribution in [0.5, 0.6) is 0 Å². The van der Waals surface area contributed by atoms with Gasteiger partial charge in [0.25, 0.3) is 0 Å². The summed E-state index contributed by atoms with van der Waals surface area (Å²) in [7, 11) is 0. The average molecular weight is 255 g/mol. The van der Waals surface area contributed by atoms with Gasteiger partial charge in [-0.15, -0.1) is 0 Å². The first-order valence-corrected chi connectivity index (χ1v) is 5.76. The van der Waals surface area contributed by atoms with Crippen LogP contribution < -0.4 is 5.32 Å². The molecular formula is C13H18FNO3. The number of nitrogens with one attached hydrogen (secondary N) is 1. The van der Waals surface area contributed by atoms with Gasteiger partial charge in [-0.3, -0.25) is 10.1 Å². The van der Waals surface area contributed by atoms with E-state index in [9.17, 15) is 14.3 Å². The summed E-state index contributed by atoms with van der Waals surface area (Å²) in [6.07, 6.45) is -0.883. The van der Waals surface area contributed by atoms with Crippen molar-refractivity contribution in [1.29, 1.82) is 0 Å². The van der Waals surface area contributed by atoms with Crippen LogP contribution in [0.3, 0.4) is 0 Å². The number of aryl methyl sites for hydroxylation is 1. The number of halogens is 1. The number of hydrogen-bond donors (Lipinski definition) is 3. The Labute approximate surface area is 105 Å². The van der Waals surface area contributed by atoms with Gasteiger partial charge in [-0.1, -0.05) is 12.1 Å². The fraction of sp³-hybridized carbons (Fsp3) is 0.462. The van der Waals surface area contributed by atoms with E-state index in [0.29, 0.717) is 11.1 Å². The van der Waals surface area contributed by atoms with Crippen molar-refractivity contribution < 1.29 is 19.4 Å². The second-order valence-corrected chi connectivity index (χ2v) is 4.47. The summed E-state index contributed by atoms with van der Waals surface area (Å²) in [5.74, 6) is -1.31. The molecule has 0 heterocycles. The number of carboxylic acid groups (broad SMARTS) is 1. The van der Waals surface area contributed by atoms with Gasteiger partial charge in [0.15, 0.2) is 0 Å². The summed E-state index contributed by atoms with van der Waals surface area (Å²) in [5, 5.41) is 21.6. The van der Waals surface area contributed by atoms with Gasteiger partial charge < -0.3 is 10.2 Å². The monoisotopic (exact) mass is 255 g/mol. The second-order valence-electron chi connectivity index (χ2n) is 4.47. The normalized spacial score (nSPS) is 16.1. The van der Waals surface area contributed by atoms with Crippen LogP contribution in [0.1, 0.15) is 31.1 Å². The Morgan fingerprint density at radius 1 is 1.39 bits per heavy atom. The van der Waals surface area contributed by atoms with Crippen LogP contribution in [0.15, 0.2) is 18.2 Å². The Balaban J connectivity index is 2.76. The lowest BCUT2D eigenvalue weighted by molar-refractivity contribution is -0.139. The van der Waals surface area contributed by atoms with E-state index in [0.717, 1.165) is 0 Å². The molecule has 0 saturated carbocycles. The highest BCUT2D eigenvalue weighted by Gasteiger charge is 2.21. The van der Waals surface area contributed by atoms with E-state index in [2.05, 4.69) is 5.32 Å². The lowest BCUT2D eigenvalue weighted by atomic mass is 10.0. The molecule has 1 aromatic carbocycles. The van der Waals surface area contributed by atoms with E-state index >= 15 is 0 Å². The molecule has 0 aliphatic heterocycles. The van der Waals surface area contributed by atoms with Crippen LogP contribution in [0.25, 0.3) is 0 Å². The topological polar surface area (TPSA) is 69.6 Å². The van der Waals surface area contributed by atoms with E-state index < -0.39 is 24.2 Å². The van der Waals surface area contributed by atoms with Gasteiger partial charge >= 0.3 is 5.97 Å². The molecule has 0 fully saturated rings. The van der Waals surface area contributed by atoms with Gasteiger partial charge in [-0.25, -0.2) is 4.39 Å². The Kier molecular flexibility index (Phi) is 4.81. The van der Waals surface area contributed by atoms with Gasteiger partial charge in [0.05, 0.1) is 6.10 Å². The molecule has 0 saturated heterocycles. The van der Waals surface area contributed by atoms with Crippen LogP contribution in [0, 0.1) is 12.7 Å². The number of benzene rings is 1. The minimum Gasteiger partial charge on any atom is -0.480 e. The summed E-state index contributed by atoms with van der Waals surface area (Å²) in [4.78, 5) is 10.7. The third-order valence-corrected chi connectivity index (χ3v) is 2.88. The van der Waals surface area contributed by atoms with Crippen LogP contribution in [-0.4, -0.2) is 28.3 Å². The largest absolute Gasteiger partial charge is 0.480 e. The number of aliphatic carboxylic acids is 1. The van der Waals surface area contributed by atoms with Crippen molar-refractivity contribution in [3.05, 3.63) is 35.1 Å². The van der Waals surface area contributed by atoms with E-state index in [1.807, 2.05) is 0 Å². The van der Waals surface area contributed by atoms with Crippen molar-refractivity contribution >= 4 is 5.97 Å². The van der Waals surface area contributed by atoms with Gasteiger partial charge in [0, 0.05) is 6.04 Å². The van der Waals surface area contributed by atoms with Crippen molar-refractivity contribution in [2.45, 2.75) is 39.0 Å². The summed E-state index contributed by atoms with van der Waals surface area (Å²) in [6.45, 7) is 4.80. The highest BCUT2D eigenvalue weighted by molar-refractivity contribution is 5.72. The second kappa shape index (κ2) is 5.93. The standard InChI is InChI=1S/C13H18FNO3/c1-7-6-10(4-5-11(7)14)12(16)8(2)15-9(3)13(17)18/h4-6,8-9,12,15-16H,1-3H3,(H,17,18). The van der Waals surface area contributed by atoms with Gasteiger partial charge in [0.2, 0.25) is 0 Å². The molecule has 3 N–H and O–H groups in total. The van der Waals surface area contributed by atoms with E-state index in [4.69, 9.17) is 5.11 Å². The highest BCUT2D eigenvalue weighted by atomic mass is 19.1. The molecule has 3 atom stereocenters. The molecule has 18 heavy (non-hydrogen) atoms. The van der Waals surface area contributed by atoms with Gasteiger partial charge in [0.1, 0.15) is 11.9 Å². The Morgan fingerprint density at radius 2 is 2.00 bits per heavy atom. The molecule has 4 nitrogen and oxygen atoms in total. The van der Waals surface area contributed by atoms with Gasteiger partial charge in [-0.2, -0.15) is 0 Å². The van der Waals surface area contributed by atoms with Crippen LogP contribution >= 0.6 is 0 Å². The molecule has 0 bridgehead atoms. The molecule has 5 heteroatoms. The molecule has 1 rings (SSSR count). The SMILES string of the molecule is Cc1cc(C(O)C(C)NC(C)C(=O)O)ccc1F. The summed E-state index contributed by atoms with van der Waals surface area (Å²) in [6, 6.07) is 3.15. The number of hydrogen-bond acceptors (Lipinski definition) is 3. The maximum atomic E-state index is 13.1. The number of rotatable bonds is 5. The molecule has 0 spiro atoms. The molecule has 1 aromatic rings. The van der Waals surface area contributed by atoms with Crippen molar-refractivity contribution in [2.24, 2.45) is 0 Å². The van der Waals surface area contributed by atoms with Crippen LogP contribution in [0.2, 0.25) is 0 Å². The third-order valence-electron chi connectivity index (χ3n) is 2.88. The lowest BCUT2D eigenvalue weighted by Gasteiger charge is -2.23. The summed E-state index contributed by atoms with van der Waals surface area (Å²) >= 11 is 0. The molecular weight excluding hydrogens is 237 g/mol. The average Bonchev–Trinajstić information content (AvgIpc) is 2.31. The van der Waals surface area contributed by atoms with E-state index in [1.54, 1.807) is 19.9 Å². The third kappa shape index (κ3) is 3.51. The first-order chi connectivity index (χ1) is 8.32. The minimum absolute atomic E-state index is 0.328. The van der Waals surface area contributed by atoms with E-state index in [-0.39, 0.29) is 5.82 Å². The number of aliphatic hydroxyl groups is 1. The zero-order chi connectivity index (χ0) is 13.9. The fourth-order valence-electron chi connectivity index (χ4n) is 1.70. The maximum Gasteiger partial charge on any atom is 0.320 e. The van der Waals surface area contributed by atoms with Crippen molar-refractivity contribution in [3.63, 3.8) is 0 Å². The first-order valence-electron chi connectivity index (χ1n) is 5.76. The zero-order valence-corrected chi connectivity index (χ0v) is 10.6. The quantitative estimate of drug-likeness (QED) is 0.747. The summed E-state index contributed by atoms with van der Waals surface area (Å²) in [5.41, 5.74) is 1.01. The van der Waals surface area contributed by atoms with Crippen LogP contribution in [0.4, 0.5) is 4.39 Å². The van der Waals surface area contributed by atoms with Crippen molar-refractivity contribution in [1.82, 2.24) is 5.32 Å². The Bertz CT molecular complexity index is 436. The molecule has 0 amide bonds. The zero-order valence-electron chi connectivity index (χ0n) is 10.6. The van der Waals surface area contributed by atoms with Crippen molar-refractivity contribution in [2.75, 3.05) is 0 Å². The molecule has 0 aromatic heterocycles. The summed E-state index contributed by atoms with van der Waals surface area (Å²) < 4.78 is 13.1. The lowest BCUT2D eigenvalue weighted by Crippen LogP contribution is -2.42. The molecule has 3 unspecified atom stereocenters. The number of carbonyl (C=O) groups is 1. The highest BCUT2D eigenvalue weighted by Crippen LogP contribution is 2.19.